The molecule has 4 heteroatoms. The Kier molecular flexibility index (Phi) is 4.53. The lowest BCUT2D eigenvalue weighted by Gasteiger charge is -2.26. The van der Waals surface area contributed by atoms with Crippen LogP contribution in [0.1, 0.15) is 12.8 Å². The molecule has 0 amide bonds. The molecule has 0 radical (unpaired) electrons. The minimum absolute atomic E-state index is 0.761. The fourth-order valence-corrected chi connectivity index (χ4v) is 1.59. The SMILES string of the molecule is CN(CNN)CC1CCOCC1. The molecule has 0 unspecified atom stereocenters. The molecule has 1 rings (SSSR count). The van der Waals surface area contributed by atoms with Crippen LogP contribution in [0.4, 0.5) is 0 Å². The highest BCUT2D eigenvalue weighted by Gasteiger charge is 2.14. The molecule has 0 aromatic rings. The number of hydrazine groups is 1. The first-order valence-corrected chi connectivity index (χ1v) is 4.52. The Morgan fingerprint density at radius 3 is 2.75 bits per heavy atom. The maximum atomic E-state index is 5.28. The van der Waals surface area contributed by atoms with E-state index in [1.165, 1.54) is 12.8 Å². The van der Waals surface area contributed by atoms with E-state index in [0.717, 1.165) is 32.3 Å². The third-order valence-electron chi connectivity index (χ3n) is 2.27. The van der Waals surface area contributed by atoms with Crippen molar-refractivity contribution < 1.29 is 4.74 Å². The van der Waals surface area contributed by atoms with Gasteiger partial charge in [-0.15, -0.1) is 0 Å². The van der Waals surface area contributed by atoms with Gasteiger partial charge in [-0.05, 0) is 25.8 Å². The Morgan fingerprint density at radius 2 is 2.17 bits per heavy atom. The smallest absolute Gasteiger partial charge is 0.0610 e. The Morgan fingerprint density at radius 1 is 1.50 bits per heavy atom. The fraction of sp³-hybridized carbons (Fsp3) is 1.00. The lowest BCUT2D eigenvalue weighted by Crippen LogP contribution is -2.39. The minimum Gasteiger partial charge on any atom is -0.381 e. The van der Waals surface area contributed by atoms with Crippen molar-refractivity contribution in [2.45, 2.75) is 12.8 Å². The van der Waals surface area contributed by atoms with E-state index in [1.807, 2.05) is 0 Å². The first kappa shape index (κ1) is 9.92. The molecule has 3 N–H and O–H groups in total. The topological polar surface area (TPSA) is 50.5 Å². The van der Waals surface area contributed by atoms with Crippen LogP contribution in [-0.4, -0.2) is 38.4 Å². The van der Waals surface area contributed by atoms with Gasteiger partial charge in [0.2, 0.25) is 0 Å². The van der Waals surface area contributed by atoms with Crippen LogP contribution in [0.2, 0.25) is 0 Å². The zero-order chi connectivity index (χ0) is 8.81. The van der Waals surface area contributed by atoms with E-state index in [-0.39, 0.29) is 0 Å². The summed E-state index contributed by atoms with van der Waals surface area (Å²) in [4.78, 5) is 2.20. The Labute approximate surface area is 74.0 Å². The monoisotopic (exact) mass is 173 g/mol. The van der Waals surface area contributed by atoms with Crippen LogP contribution in [0.25, 0.3) is 0 Å². The molecule has 1 aliphatic rings. The minimum atomic E-state index is 0.761. The van der Waals surface area contributed by atoms with Gasteiger partial charge in [-0.1, -0.05) is 0 Å². The van der Waals surface area contributed by atoms with Gasteiger partial charge in [0.1, 0.15) is 0 Å². The average molecular weight is 173 g/mol. The van der Waals surface area contributed by atoms with E-state index in [2.05, 4.69) is 17.4 Å². The molecule has 0 bridgehead atoms. The van der Waals surface area contributed by atoms with Crippen molar-refractivity contribution in [3.8, 4) is 0 Å². The second-order valence-electron chi connectivity index (χ2n) is 3.46. The first-order valence-electron chi connectivity index (χ1n) is 4.52. The summed E-state index contributed by atoms with van der Waals surface area (Å²) in [5.74, 6) is 6.01. The number of hydrogen-bond donors (Lipinski definition) is 2. The number of rotatable bonds is 4. The van der Waals surface area contributed by atoms with Crippen molar-refractivity contribution in [2.75, 3.05) is 33.5 Å². The van der Waals surface area contributed by atoms with Crippen LogP contribution < -0.4 is 11.3 Å². The highest BCUT2D eigenvalue weighted by molar-refractivity contribution is 4.66. The molecule has 72 valence electrons. The molecule has 0 spiro atoms. The maximum Gasteiger partial charge on any atom is 0.0610 e. The molecule has 1 heterocycles. The molecule has 0 saturated carbocycles. The van der Waals surface area contributed by atoms with Gasteiger partial charge < -0.3 is 4.74 Å². The predicted octanol–water partition coefficient (Wildman–Crippen LogP) is -0.234. The van der Waals surface area contributed by atoms with Gasteiger partial charge in [-0.25, -0.2) is 5.43 Å². The van der Waals surface area contributed by atoms with Crippen molar-refractivity contribution >= 4 is 0 Å². The number of ether oxygens (including phenoxy) is 1. The lowest BCUT2D eigenvalue weighted by atomic mass is 10.0. The van der Waals surface area contributed by atoms with Gasteiger partial charge in [0.05, 0.1) is 6.67 Å². The van der Waals surface area contributed by atoms with Gasteiger partial charge >= 0.3 is 0 Å². The van der Waals surface area contributed by atoms with Gasteiger partial charge in [0.25, 0.3) is 0 Å². The van der Waals surface area contributed by atoms with E-state index >= 15 is 0 Å². The van der Waals surface area contributed by atoms with E-state index in [9.17, 15) is 0 Å². The normalized spacial score (nSPS) is 20.2. The largest absolute Gasteiger partial charge is 0.381 e. The van der Waals surface area contributed by atoms with E-state index < -0.39 is 0 Å². The van der Waals surface area contributed by atoms with Crippen molar-refractivity contribution in [1.29, 1.82) is 0 Å². The van der Waals surface area contributed by atoms with Gasteiger partial charge in [0, 0.05) is 19.8 Å². The summed E-state index contributed by atoms with van der Waals surface area (Å²) < 4.78 is 5.28. The predicted molar refractivity (Wildman–Crippen MR) is 48.4 cm³/mol. The van der Waals surface area contributed by atoms with Crippen molar-refractivity contribution in [2.24, 2.45) is 11.8 Å². The van der Waals surface area contributed by atoms with Crippen molar-refractivity contribution in [3.63, 3.8) is 0 Å². The Hall–Kier alpha value is -0.160. The van der Waals surface area contributed by atoms with Gasteiger partial charge in [0.15, 0.2) is 0 Å². The number of nitrogens with zero attached hydrogens (tertiary/aromatic N) is 1. The fourth-order valence-electron chi connectivity index (χ4n) is 1.59. The maximum absolute atomic E-state index is 5.28. The van der Waals surface area contributed by atoms with Crippen LogP contribution in [0.5, 0.6) is 0 Å². The number of hydrogen-bond acceptors (Lipinski definition) is 4. The highest BCUT2D eigenvalue weighted by Crippen LogP contribution is 2.14. The number of nitrogens with two attached hydrogens (primary N) is 1. The zero-order valence-corrected chi connectivity index (χ0v) is 7.75. The Bertz CT molecular complexity index is 115. The molecule has 0 atom stereocenters. The second kappa shape index (κ2) is 5.48. The summed E-state index contributed by atoms with van der Waals surface area (Å²) >= 11 is 0. The van der Waals surface area contributed by atoms with Crippen molar-refractivity contribution in [3.05, 3.63) is 0 Å². The van der Waals surface area contributed by atoms with E-state index in [1.54, 1.807) is 0 Å². The zero-order valence-electron chi connectivity index (χ0n) is 7.75. The molecular weight excluding hydrogens is 154 g/mol. The first-order chi connectivity index (χ1) is 5.83. The van der Waals surface area contributed by atoms with Crippen LogP contribution >= 0.6 is 0 Å². The Balaban J connectivity index is 2.11. The number of nitrogens with one attached hydrogen (secondary N) is 1. The summed E-state index contributed by atoms with van der Waals surface area (Å²) in [7, 11) is 2.08. The standard InChI is InChI=1S/C8H19N3O/c1-11(7-10-9)6-8-2-4-12-5-3-8/h8,10H,2-7,9H2,1H3. The molecule has 0 aliphatic carbocycles. The third-order valence-corrected chi connectivity index (χ3v) is 2.27. The second-order valence-corrected chi connectivity index (χ2v) is 3.46. The molecule has 1 aliphatic heterocycles. The third kappa shape index (κ3) is 3.49. The molecule has 1 fully saturated rings. The summed E-state index contributed by atoms with van der Waals surface area (Å²) in [6.45, 7) is 3.73. The van der Waals surface area contributed by atoms with Crippen LogP contribution in [0.3, 0.4) is 0 Å². The highest BCUT2D eigenvalue weighted by atomic mass is 16.5. The van der Waals surface area contributed by atoms with Crippen LogP contribution in [0, 0.1) is 5.92 Å². The molecular formula is C8H19N3O. The quantitative estimate of drug-likeness (QED) is 0.350. The van der Waals surface area contributed by atoms with E-state index in [0.29, 0.717) is 0 Å². The van der Waals surface area contributed by atoms with Gasteiger partial charge in [-0.3, -0.25) is 10.7 Å². The molecule has 0 aromatic carbocycles. The van der Waals surface area contributed by atoms with Crippen LogP contribution in [-0.2, 0) is 4.74 Å². The van der Waals surface area contributed by atoms with Crippen LogP contribution in [0.15, 0.2) is 0 Å². The summed E-state index contributed by atoms with van der Waals surface area (Å²) in [5.41, 5.74) is 2.65. The lowest BCUT2D eigenvalue weighted by molar-refractivity contribution is 0.0549. The summed E-state index contributed by atoms with van der Waals surface area (Å²) in [6, 6.07) is 0. The molecule has 1 saturated heterocycles. The average Bonchev–Trinajstić information content (AvgIpc) is 2.06. The van der Waals surface area contributed by atoms with Gasteiger partial charge in [-0.2, -0.15) is 0 Å². The summed E-state index contributed by atoms with van der Waals surface area (Å²) in [6.07, 6.45) is 2.38. The van der Waals surface area contributed by atoms with E-state index in [4.69, 9.17) is 10.6 Å². The molecule has 12 heavy (non-hydrogen) atoms. The molecule has 0 aromatic heterocycles. The van der Waals surface area contributed by atoms with Crippen molar-refractivity contribution in [1.82, 2.24) is 10.3 Å². The molecule has 4 nitrogen and oxygen atoms in total. The summed E-state index contributed by atoms with van der Waals surface area (Å²) in [5, 5.41) is 0.